The Morgan fingerprint density at radius 2 is 2.10 bits per heavy atom. The van der Waals surface area contributed by atoms with Crippen molar-refractivity contribution in [3.05, 3.63) is 11.3 Å². The highest BCUT2D eigenvalue weighted by Crippen LogP contribution is 2.66. The first kappa shape index (κ1) is 14.4. The molecule has 2 fully saturated rings. The Kier molecular flexibility index (Phi) is 2.91. The molecule has 2 saturated carbocycles. The predicted octanol–water partition coefficient (Wildman–Crippen LogP) is 3.02. The van der Waals surface area contributed by atoms with Crippen LogP contribution in [0, 0.1) is 23.7 Å². The quantitative estimate of drug-likeness (QED) is 0.930. The average molecular weight is 292 g/mol. The van der Waals surface area contributed by atoms with Crippen LogP contribution in [-0.4, -0.2) is 27.0 Å². The van der Waals surface area contributed by atoms with Crippen LogP contribution in [0.1, 0.15) is 56.1 Å². The van der Waals surface area contributed by atoms with Crippen LogP contribution in [0.15, 0.2) is 0 Å². The van der Waals surface area contributed by atoms with Crippen molar-refractivity contribution < 1.29 is 14.6 Å². The zero-order chi connectivity index (χ0) is 15.6. The Bertz CT molecular complexity index is 605. The maximum absolute atomic E-state index is 11.5. The van der Waals surface area contributed by atoms with Crippen LogP contribution < -0.4 is 4.74 Å². The molecule has 3 atom stereocenters. The van der Waals surface area contributed by atoms with E-state index in [1.807, 2.05) is 0 Å². The molecule has 1 heterocycles. The monoisotopic (exact) mass is 292 g/mol. The third-order valence-electron chi connectivity index (χ3n) is 6.35. The van der Waals surface area contributed by atoms with Crippen molar-refractivity contribution in [1.82, 2.24) is 9.78 Å². The van der Waals surface area contributed by atoms with Gasteiger partial charge in [-0.05, 0) is 37.5 Å². The number of carboxylic acids is 1. The maximum atomic E-state index is 11.5. The van der Waals surface area contributed by atoms with E-state index >= 15 is 0 Å². The van der Waals surface area contributed by atoms with E-state index in [1.54, 1.807) is 18.7 Å². The van der Waals surface area contributed by atoms with E-state index in [1.165, 1.54) is 6.42 Å². The highest BCUT2D eigenvalue weighted by molar-refractivity contribution is 5.91. The molecule has 0 amide bonds. The summed E-state index contributed by atoms with van der Waals surface area (Å²) in [5.74, 6) is 0.0906. The van der Waals surface area contributed by atoms with Crippen molar-refractivity contribution >= 4 is 5.97 Å². The van der Waals surface area contributed by atoms with Crippen LogP contribution in [0.2, 0.25) is 0 Å². The second-order valence-corrected chi connectivity index (χ2v) is 7.41. The van der Waals surface area contributed by atoms with Crippen molar-refractivity contribution in [3.8, 4) is 5.88 Å². The van der Waals surface area contributed by atoms with Gasteiger partial charge in [-0.25, -0.2) is 9.48 Å². The Balaban J connectivity index is 1.95. The van der Waals surface area contributed by atoms with Gasteiger partial charge in [-0.1, -0.05) is 20.8 Å². The van der Waals surface area contributed by atoms with Gasteiger partial charge in [-0.3, -0.25) is 0 Å². The molecule has 116 valence electrons. The number of hydrogen-bond acceptors (Lipinski definition) is 3. The average Bonchev–Trinajstić information content (AvgIpc) is 2.84. The summed E-state index contributed by atoms with van der Waals surface area (Å²) in [7, 11) is 1.75. The normalized spacial score (nSPS) is 33.4. The number of fused-ring (bicyclic) bond motifs is 2. The summed E-state index contributed by atoms with van der Waals surface area (Å²) in [5.41, 5.74) is 1.05. The van der Waals surface area contributed by atoms with Gasteiger partial charge in [0, 0.05) is 12.5 Å². The highest BCUT2D eigenvalue weighted by atomic mass is 16.5. The number of aromatic nitrogens is 2. The number of nitrogens with zero attached hydrogens (tertiary/aromatic N) is 2. The summed E-state index contributed by atoms with van der Waals surface area (Å²) in [4.78, 5) is 11.5. The number of aromatic carboxylic acids is 1. The van der Waals surface area contributed by atoms with E-state index in [0.29, 0.717) is 17.5 Å². The van der Waals surface area contributed by atoms with Crippen molar-refractivity contribution in [2.45, 2.75) is 53.1 Å². The Labute approximate surface area is 125 Å². The Morgan fingerprint density at radius 3 is 2.57 bits per heavy atom. The van der Waals surface area contributed by atoms with E-state index in [4.69, 9.17) is 4.74 Å². The second kappa shape index (κ2) is 4.24. The fourth-order valence-electron chi connectivity index (χ4n) is 4.46. The van der Waals surface area contributed by atoms with Crippen LogP contribution in [0.25, 0.3) is 0 Å². The molecule has 0 saturated heterocycles. The molecule has 5 nitrogen and oxygen atoms in total. The topological polar surface area (TPSA) is 64.4 Å². The number of ether oxygens (including phenoxy) is 1. The minimum Gasteiger partial charge on any atom is -0.477 e. The van der Waals surface area contributed by atoms with Gasteiger partial charge in [0.2, 0.25) is 5.88 Å². The molecule has 2 aliphatic carbocycles. The van der Waals surface area contributed by atoms with Crippen LogP contribution in [0.5, 0.6) is 5.88 Å². The third-order valence-corrected chi connectivity index (χ3v) is 6.35. The summed E-state index contributed by atoms with van der Waals surface area (Å²) in [6.45, 7) is 8.64. The predicted molar refractivity (Wildman–Crippen MR) is 78.5 cm³/mol. The Morgan fingerprint density at radius 1 is 1.43 bits per heavy atom. The molecule has 3 rings (SSSR count). The molecule has 0 radical (unpaired) electrons. The van der Waals surface area contributed by atoms with Crippen LogP contribution >= 0.6 is 0 Å². The lowest BCUT2D eigenvalue weighted by molar-refractivity contribution is 0.0235. The summed E-state index contributed by atoms with van der Waals surface area (Å²) in [6, 6.07) is 0. The molecule has 21 heavy (non-hydrogen) atoms. The van der Waals surface area contributed by atoms with Crippen LogP contribution in [-0.2, 0) is 7.05 Å². The molecular weight excluding hydrogens is 268 g/mol. The van der Waals surface area contributed by atoms with E-state index in [9.17, 15) is 9.90 Å². The van der Waals surface area contributed by atoms with E-state index in [0.717, 1.165) is 12.8 Å². The smallest absolute Gasteiger partial charge is 0.343 e. The molecule has 3 unspecified atom stereocenters. The van der Waals surface area contributed by atoms with E-state index in [-0.39, 0.29) is 22.5 Å². The zero-order valence-corrected chi connectivity index (χ0v) is 13.4. The van der Waals surface area contributed by atoms with Crippen LogP contribution in [0.4, 0.5) is 0 Å². The van der Waals surface area contributed by atoms with Gasteiger partial charge < -0.3 is 9.84 Å². The first-order valence-electron chi connectivity index (χ1n) is 7.62. The standard InChI is InChI=1S/C16H24N2O3/c1-9-12(14(19)20)13(18(5)17-9)21-11-8-10-6-7-16(11,4)15(10,2)3/h10-11H,6-8H2,1-5H3,(H,19,20). The molecule has 0 aromatic carbocycles. The fourth-order valence-corrected chi connectivity index (χ4v) is 4.46. The van der Waals surface area contributed by atoms with Crippen molar-refractivity contribution in [3.63, 3.8) is 0 Å². The van der Waals surface area contributed by atoms with Gasteiger partial charge in [-0.15, -0.1) is 0 Å². The number of hydrogen-bond donors (Lipinski definition) is 1. The number of carboxylic acid groups (broad SMARTS) is 1. The van der Waals surface area contributed by atoms with Gasteiger partial charge >= 0.3 is 5.97 Å². The Hall–Kier alpha value is -1.52. The minimum atomic E-state index is -0.969. The van der Waals surface area contributed by atoms with E-state index < -0.39 is 5.97 Å². The zero-order valence-electron chi connectivity index (χ0n) is 13.4. The van der Waals surface area contributed by atoms with Gasteiger partial charge in [0.25, 0.3) is 0 Å². The molecule has 1 aromatic rings. The summed E-state index contributed by atoms with van der Waals surface area (Å²) >= 11 is 0. The second-order valence-electron chi connectivity index (χ2n) is 7.41. The summed E-state index contributed by atoms with van der Waals surface area (Å²) in [6.07, 6.45) is 3.47. The molecule has 5 heteroatoms. The van der Waals surface area contributed by atoms with Crippen LogP contribution in [0.3, 0.4) is 0 Å². The largest absolute Gasteiger partial charge is 0.477 e. The summed E-state index contributed by atoms with van der Waals surface area (Å²) < 4.78 is 7.77. The molecule has 1 N–H and O–H groups in total. The van der Waals surface area contributed by atoms with Crippen molar-refractivity contribution in [2.75, 3.05) is 0 Å². The maximum Gasteiger partial charge on any atom is 0.343 e. The molecular formula is C16H24N2O3. The highest BCUT2D eigenvalue weighted by Gasteiger charge is 2.62. The lowest BCUT2D eigenvalue weighted by Crippen LogP contribution is -2.39. The SMILES string of the molecule is Cc1nn(C)c(OC2CC3CCC2(C)C3(C)C)c1C(=O)O. The molecule has 2 bridgehead atoms. The number of aryl methyl sites for hydroxylation is 2. The molecule has 2 aliphatic rings. The number of rotatable bonds is 3. The molecule has 0 aliphatic heterocycles. The lowest BCUT2D eigenvalue weighted by Gasteiger charge is -2.38. The van der Waals surface area contributed by atoms with Gasteiger partial charge in [0.15, 0.2) is 0 Å². The lowest BCUT2D eigenvalue weighted by atomic mass is 9.70. The first-order valence-corrected chi connectivity index (χ1v) is 7.62. The number of carbonyl (C=O) groups is 1. The van der Waals surface area contributed by atoms with Gasteiger partial charge in [-0.2, -0.15) is 5.10 Å². The fraction of sp³-hybridized carbons (Fsp3) is 0.750. The van der Waals surface area contributed by atoms with Gasteiger partial charge in [0.05, 0.1) is 5.69 Å². The minimum absolute atomic E-state index is 0.0687. The third kappa shape index (κ3) is 1.75. The van der Waals surface area contributed by atoms with E-state index in [2.05, 4.69) is 25.9 Å². The first-order chi connectivity index (χ1) is 9.68. The summed E-state index contributed by atoms with van der Waals surface area (Å²) in [5, 5.41) is 13.6. The van der Waals surface area contributed by atoms with Crippen molar-refractivity contribution in [2.24, 2.45) is 23.8 Å². The van der Waals surface area contributed by atoms with Crippen molar-refractivity contribution in [1.29, 1.82) is 0 Å². The molecule has 1 aromatic heterocycles. The van der Waals surface area contributed by atoms with Gasteiger partial charge in [0.1, 0.15) is 11.7 Å². The molecule has 0 spiro atoms.